The summed E-state index contributed by atoms with van der Waals surface area (Å²) in [6, 6.07) is 9.67. The summed E-state index contributed by atoms with van der Waals surface area (Å²) in [5, 5.41) is 26.2. The molecule has 0 spiro atoms. The van der Waals surface area contributed by atoms with Gasteiger partial charge in [-0.1, -0.05) is 19.8 Å². The summed E-state index contributed by atoms with van der Waals surface area (Å²) < 4.78 is 7.58. The van der Waals surface area contributed by atoms with Crippen LogP contribution in [0.4, 0.5) is 17.3 Å². The number of rotatable bonds is 7. The SMILES string of the molecule is C[C@]1(CO)CNc2c(C#N)cc(-c3ccnc(Nc4cc5c(n(CCC6CC6)c4=O)CCOC5)n3)cc21. The maximum atomic E-state index is 13.5. The first-order valence-corrected chi connectivity index (χ1v) is 12.9. The number of aromatic nitrogens is 3. The molecule has 1 aromatic carbocycles. The molecule has 3 N–H and O–H groups in total. The quantitative estimate of drug-likeness (QED) is 0.452. The van der Waals surface area contributed by atoms with Gasteiger partial charge in [0.05, 0.1) is 36.8 Å². The molecule has 1 saturated carbocycles. The van der Waals surface area contributed by atoms with Crippen molar-refractivity contribution in [3.63, 3.8) is 0 Å². The van der Waals surface area contributed by atoms with Crippen LogP contribution >= 0.6 is 0 Å². The standard InChI is InChI=1S/C28H30N6O3/c1-28(16-35)15-31-25-19(13-29)10-18(11-21(25)28)22-4-7-30-27(32-22)33-23-12-20-14-37-9-6-24(20)34(26(23)36)8-5-17-2-3-17/h4,7,10-12,17,31,35H,2-3,5-6,8-9,14-16H2,1H3,(H,30,32,33)/t28-/m1/s1. The minimum absolute atomic E-state index is 0.0348. The first-order valence-electron chi connectivity index (χ1n) is 12.9. The number of aliphatic hydroxyl groups is 1. The first-order chi connectivity index (χ1) is 18.0. The van der Waals surface area contributed by atoms with Gasteiger partial charge in [0.25, 0.3) is 5.56 Å². The van der Waals surface area contributed by atoms with E-state index in [0.717, 1.165) is 46.8 Å². The molecule has 9 nitrogen and oxygen atoms in total. The molecule has 0 radical (unpaired) electrons. The fourth-order valence-corrected chi connectivity index (χ4v) is 5.34. The van der Waals surface area contributed by atoms with E-state index in [1.54, 1.807) is 18.3 Å². The van der Waals surface area contributed by atoms with Crippen LogP contribution in [-0.2, 0) is 29.7 Å². The molecule has 0 unspecified atom stereocenters. The van der Waals surface area contributed by atoms with Crippen LogP contribution in [0.3, 0.4) is 0 Å². The van der Waals surface area contributed by atoms with Crippen molar-refractivity contribution in [3.05, 3.63) is 63.2 Å². The zero-order valence-electron chi connectivity index (χ0n) is 20.9. The van der Waals surface area contributed by atoms with E-state index in [-0.39, 0.29) is 12.2 Å². The first kappa shape index (κ1) is 23.6. The Balaban J connectivity index is 1.35. The number of fused-ring (bicyclic) bond motifs is 2. The van der Waals surface area contributed by atoms with Crippen molar-refractivity contribution < 1.29 is 9.84 Å². The normalized spacial score (nSPS) is 20.0. The molecule has 1 aliphatic carbocycles. The lowest BCUT2D eigenvalue weighted by Gasteiger charge is -2.23. The molecule has 3 aromatic rings. The van der Waals surface area contributed by atoms with Crippen molar-refractivity contribution in [2.45, 2.75) is 51.2 Å². The Bertz CT molecular complexity index is 1470. The van der Waals surface area contributed by atoms with Crippen molar-refractivity contribution in [2.24, 2.45) is 5.92 Å². The van der Waals surface area contributed by atoms with Crippen LogP contribution in [0.15, 0.2) is 35.3 Å². The maximum absolute atomic E-state index is 13.5. The molecule has 2 aromatic heterocycles. The van der Waals surface area contributed by atoms with E-state index in [9.17, 15) is 15.2 Å². The number of pyridine rings is 1. The topological polar surface area (TPSA) is 125 Å². The van der Waals surface area contributed by atoms with Gasteiger partial charge in [0.2, 0.25) is 5.95 Å². The average molecular weight is 499 g/mol. The van der Waals surface area contributed by atoms with Crippen LogP contribution in [0, 0.1) is 17.2 Å². The van der Waals surface area contributed by atoms with E-state index < -0.39 is 5.41 Å². The Kier molecular flexibility index (Phi) is 5.94. The van der Waals surface area contributed by atoms with Gasteiger partial charge in [-0.3, -0.25) is 4.79 Å². The predicted octanol–water partition coefficient (Wildman–Crippen LogP) is 3.47. The number of hydrogen-bond donors (Lipinski definition) is 3. The molecule has 0 saturated heterocycles. The minimum atomic E-state index is -0.484. The summed E-state index contributed by atoms with van der Waals surface area (Å²) in [5.74, 6) is 1.04. The molecular weight excluding hydrogens is 468 g/mol. The number of anilines is 3. The lowest BCUT2D eigenvalue weighted by molar-refractivity contribution is 0.107. The van der Waals surface area contributed by atoms with E-state index in [2.05, 4.69) is 26.7 Å². The third-order valence-corrected chi connectivity index (χ3v) is 7.80. The van der Waals surface area contributed by atoms with E-state index in [1.165, 1.54) is 12.8 Å². The van der Waals surface area contributed by atoms with Gasteiger partial charge >= 0.3 is 0 Å². The molecule has 37 heavy (non-hydrogen) atoms. The van der Waals surface area contributed by atoms with Crippen molar-refractivity contribution in [1.82, 2.24) is 14.5 Å². The van der Waals surface area contributed by atoms with Crippen molar-refractivity contribution in [2.75, 3.05) is 30.4 Å². The Morgan fingerprint density at radius 2 is 2.22 bits per heavy atom. The Labute approximate surface area is 215 Å². The van der Waals surface area contributed by atoms with Crippen molar-refractivity contribution in [3.8, 4) is 17.3 Å². The summed E-state index contributed by atoms with van der Waals surface area (Å²) in [7, 11) is 0. The molecule has 6 rings (SSSR count). The summed E-state index contributed by atoms with van der Waals surface area (Å²) in [6.45, 7) is 4.32. The van der Waals surface area contributed by atoms with E-state index in [0.29, 0.717) is 49.2 Å². The second kappa shape index (κ2) is 9.29. The van der Waals surface area contributed by atoms with Gasteiger partial charge < -0.3 is 25.0 Å². The van der Waals surface area contributed by atoms with Gasteiger partial charge in [-0.25, -0.2) is 9.97 Å². The van der Waals surface area contributed by atoms with Crippen LogP contribution in [0.1, 0.15) is 48.6 Å². The molecule has 0 bridgehead atoms. The molecule has 2 aliphatic heterocycles. The molecule has 0 amide bonds. The third kappa shape index (κ3) is 4.37. The monoisotopic (exact) mass is 498 g/mol. The summed E-state index contributed by atoms with van der Waals surface area (Å²) >= 11 is 0. The van der Waals surface area contributed by atoms with Gasteiger partial charge in [-0.15, -0.1) is 0 Å². The Hall–Kier alpha value is -3.74. The summed E-state index contributed by atoms with van der Waals surface area (Å²) in [6.07, 6.45) is 5.90. The number of benzene rings is 1. The van der Waals surface area contributed by atoms with Crippen LogP contribution < -0.4 is 16.2 Å². The highest BCUT2D eigenvalue weighted by atomic mass is 16.5. The highest BCUT2D eigenvalue weighted by Gasteiger charge is 2.36. The largest absolute Gasteiger partial charge is 0.395 e. The smallest absolute Gasteiger partial charge is 0.274 e. The summed E-state index contributed by atoms with van der Waals surface area (Å²) in [4.78, 5) is 22.5. The fourth-order valence-electron chi connectivity index (χ4n) is 5.34. The van der Waals surface area contributed by atoms with Gasteiger partial charge in [0, 0.05) is 42.4 Å². The van der Waals surface area contributed by atoms with Crippen LogP contribution in [-0.4, -0.2) is 39.4 Å². The number of nitriles is 1. The van der Waals surface area contributed by atoms with Crippen LogP contribution in [0.25, 0.3) is 11.3 Å². The average Bonchev–Trinajstić information content (AvgIpc) is 3.70. The molecule has 1 fully saturated rings. The highest BCUT2D eigenvalue weighted by molar-refractivity contribution is 5.76. The minimum Gasteiger partial charge on any atom is -0.395 e. The van der Waals surface area contributed by atoms with E-state index >= 15 is 0 Å². The third-order valence-electron chi connectivity index (χ3n) is 7.80. The van der Waals surface area contributed by atoms with Gasteiger partial charge in [-0.2, -0.15) is 5.26 Å². The number of nitrogens with zero attached hydrogens (tertiary/aromatic N) is 4. The van der Waals surface area contributed by atoms with Gasteiger partial charge in [0.15, 0.2) is 0 Å². The molecule has 3 aliphatic rings. The van der Waals surface area contributed by atoms with Crippen molar-refractivity contribution >= 4 is 17.3 Å². The van der Waals surface area contributed by atoms with Crippen LogP contribution in [0.5, 0.6) is 0 Å². The lowest BCUT2D eigenvalue weighted by Crippen LogP contribution is -2.30. The number of nitrogens with one attached hydrogen (secondary N) is 2. The second-order valence-electron chi connectivity index (χ2n) is 10.5. The van der Waals surface area contributed by atoms with Gasteiger partial charge in [0.1, 0.15) is 11.8 Å². The van der Waals surface area contributed by atoms with Crippen LogP contribution in [0.2, 0.25) is 0 Å². The van der Waals surface area contributed by atoms with Crippen molar-refractivity contribution in [1.29, 1.82) is 5.26 Å². The molecular formula is C28H30N6O3. The Morgan fingerprint density at radius 1 is 1.35 bits per heavy atom. The maximum Gasteiger partial charge on any atom is 0.274 e. The van der Waals surface area contributed by atoms with E-state index in [1.807, 2.05) is 23.6 Å². The van der Waals surface area contributed by atoms with Gasteiger partial charge in [-0.05, 0) is 47.7 Å². The fraction of sp³-hybridized carbons (Fsp3) is 0.429. The second-order valence-corrected chi connectivity index (χ2v) is 10.5. The molecule has 190 valence electrons. The zero-order chi connectivity index (χ0) is 25.6. The number of hydrogen-bond acceptors (Lipinski definition) is 8. The molecule has 9 heteroatoms. The summed E-state index contributed by atoms with van der Waals surface area (Å²) in [5.41, 5.74) is 5.51. The number of ether oxygens (including phenoxy) is 1. The number of aliphatic hydroxyl groups excluding tert-OH is 1. The Morgan fingerprint density at radius 3 is 3.00 bits per heavy atom. The molecule has 1 atom stereocenters. The predicted molar refractivity (Wildman–Crippen MR) is 140 cm³/mol. The zero-order valence-corrected chi connectivity index (χ0v) is 20.9. The molecule has 4 heterocycles. The van der Waals surface area contributed by atoms with E-state index in [4.69, 9.17) is 4.74 Å². The lowest BCUT2D eigenvalue weighted by atomic mass is 9.83. The highest BCUT2D eigenvalue weighted by Crippen LogP contribution is 2.41.